The smallest absolute Gasteiger partial charge is 0.248 e. The minimum atomic E-state index is 0.470. The van der Waals surface area contributed by atoms with Gasteiger partial charge in [-0.15, -0.1) is 5.10 Å². The van der Waals surface area contributed by atoms with Crippen LogP contribution in [0, 0.1) is 0 Å². The topological polar surface area (TPSA) is 95.7 Å². The van der Waals surface area contributed by atoms with Gasteiger partial charge in [0, 0.05) is 18.5 Å². The Kier molecular flexibility index (Phi) is 2.60. The molecule has 3 rings (SSSR count). The number of nitrogens with two attached hydrogens (primary N) is 1. The van der Waals surface area contributed by atoms with Crippen molar-refractivity contribution in [1.82, 2.24) is 25.1 Å². The molecule has 0 unspecified atom stereocenters. The first-order valence-corrected chi connectivity index (χ1v) is 5.76. The lowest BCUT2D eigenvalue weighted by atomic mass is 10.3. The Bertz CT molecular complexity index is 500. The van der Waals surface area contributed by atoms with Crippen LogP contribution in [0.2, 0.25) is 0 Å². The first-order valence-electron chi connectivity index (χ1n) is 5.76. The summed E-state index contributed by atoms with van der Waals surface area (Å²) in [4.78, 5) is 4.33. The molecule has 90 valence electrons. The molecule has 1 aliphatic carbocycles. The minimum Gasteiger partial charge on any atom is -0.337 e. The highest BCUT2D eigenvalue weighted by atomic mass is 16.5. The zero-order chi connectivity index (χ0) is 11.7. The maximum Gasteiger partial charge on any atom is 0.248 e. The van der Waals surface area contributed by atoms with E-state index in [0.29, 0.717) is 24.9 Å². The van der Waals surface area contributed by atoms with Gasteiger partial charge in [0.05, 0.1) is 5.69 Å². The van der Waals surface area contributed by atoms with Gasteiger partial charge in [0.2, 0.25) is 5.89 Å². The van der Waals surface area contributed by atoms with Crippen LogP contribution < -0.4 is 5.73 Å². The normalized spacial score (nSPS) is 15.4. The molecule has 1 fully saturated rings. The summed E-state index contributed by atoms with van der Waals surface area (Å²) < 4.78 is 6.85. The third-order valence-electron chi connectivity index (χ3n) is 2.71. The van der Waals surface area contributed by atoms with Gasteiger partial charge in [-0.2, -0.15) is 4.98 Å². The lowest BCUT2D eigenvalue weighted by molar-refractivity contribution is 0.360. The largest absolute Gasteiger partial charge is 0.337 e. The third-order valence-corrected chi connectivity index (χ3v) is 2.71. The van der Waals surface area contributed by atoms with Gasteiger partial charge < -0.3 is 10.3 Å². The fourth-order valence-electron chi connectivity index (χ4n) is 1.66. The second kappa shape index (κ2) is 4.25. The van der Waals surface area contributed by atoms with Crippen LogP contribution in [0.3, 0.4) is 0 Å². The van der Waals surface area contributed by atoms with E-state index in [4.69, 9.17) is 10.3 Å². The molecule has 0 saturated heterocycles. The van der Waals surface area contributed by atoms with Crippen LogP contribution in [0.4, 0.5) is 0 Å². The molecule has 2 heterocycles. The molecule has 17 heavy (non-hydrogen) atoms. The summed E-state index contributed by atoms with van der Waals surface area (Å²) >= 11 is 0. The molecule has 0 amide bonds. The van der Waals surface area contributed by atoms with Crippen LogP contribution >= 0.6 is 0 Å². The molecule has 2 N–H and O–H groups in total. The van der Waals surface area contributed by atoms with Gasteiger partial charge in [-0.1, -0.05) is 10.4 Å². The molecule has 2 aromatic rings. The number of nitrogens with zero attached hydrogens (tertiary/aromatic N) is 5. The molecule has 2 aromatic heterocycles. The molecule has 7 nitrogen and oxygen atoms in total. The molecule has 7 heteroatoms. The third kappa shape index (κ3) is 2.33. The molecule has 0 bridgehead atoms. The average molecular weight is 234 g/mol. The Hall–Kier alpha value is -1.76. The van der Waals surface area contributed by atoms with E-state index in [1.807, 2.05) is 6.20 Å². The summed E-state index contributed by atoms with van der Waals surface area (Å²) in [6.07, 6.45) is 4.93. The van der Waals surface area contributed by atoms with Crippen LogP contribution in [0.25, 0.3) is 0 Å². The zero-order valence-corrected chi connectivity index (χ0v) is 9.41. The lowest BCUT2D eigenvalue weighted by Crippen LogP contribution is -2.03. The van der Waals surface area contributed by atoms with Crippen LogP contribution in [-0.2, 0) is 13.0 Å². The van der Waals surface area contributed by atoms with E-state index in [0.717, 1.165) is 17.9 Å². The van der Waals surface area contributed by atoms with Crippen molar-refractivity contribution < 1.29 is 4.52 Å². The van der Waals surface area contributed by atoms with E-state index >= 15 is 0 Å². The first-order chi connectivity index (χ1) is 8.35. The van der Waals surface area contributed by atoms with E-state index in [-0.39, 0.29) is 0 Å². The van der Waals surface area contributed by atoms with Crippen molar-refractivity contribution >= 4 is 0 Å². The standard InChI is InChI=1S/C10H14N6O/c11-4-3-8-5-16(15-13-8)6-9-12-10(14-17-9)7-1-2-7/h5,7H,1-4,6,11H2. The van der Waals surface area contributed by atoms with Crippen LogP contribution in [0.15, 0.2) is 10.7 Å². The number of aromatic nitrogens is 5. The maximum absolute atomic E-state index is 5.45. The van der Waals surface area contributed by atoms with Crippen molar-refractivity contribution in [1.29, 1.82) is 0 Å². The summed E-state index contributed by atoms with van der Waals surface area (Å²) in [6.45, 7) is 1.04. The van der Waals surface area contributed by atoms with E-state index in [1.165, 1.54) is 12.8 Å². The Labute approximate surface area is 98.0 Å². The molecule has 1 aliphatic rings. The van der Waals surface area contributed by atoms with Crippen molar-refractivity contribution in [3.05, 3.63) is 23.6 Å². The Balaban J connectivity index is 1.67. The maximum atomic E-state index is 5.45. The quantitative estimate of drug-likeness (QED) is 0.787. The van der Waals surface area contributed by atoms with Gasteiger partial charge in [-0.05, 0) is 19.4 Å². The van der Waals surface area contributed by atoms with Crippen molar-refractivity contribution in [2.45, 2.75) is 31.7 Å². The minimum absolute atomic E-state index is 0.470. The van der Waals surface area contributed by atoms with Crippen LogP contribution in [0.1, 0.15) is 36.2 Å². The highest BCUT2D eigenvalue weighted by Crippen LogP contribution is 2.38. The highest BCUT2D eigenvalue weighted by molar-refractivity contribution is 5.03. The monoisotopic (exact) mass is 234 g/mol. The highest BCUT2D eigenvalue weighted by Gasteiger charge is 2.28. The van der Waals surface area contributed by atoms with Crippen LogP contribution in [-0.4, -0.2) is 31.7 Å². The van der Waals surface area contributed by atoms with Crippen LogP contribution in [0.5, 0.6) is 0 Å². The fourth-order valence-corrected chi connectivity index (χ4v) is 1.66. The summed E-state index contributed by atoms with van der Waals surface area (Å²) in [6, 6.07) is 0. The molecule has 0 aromatic carbocycles. The Morgan fingerprint density at radius 2 is 2.35 bits per heavy atom. The summed E-state index contributed by atoms with van der Waals surface area (Å²) in [5, 5.41) is 11.9. The SMILES string of the molecule is NCCc1cn(Cc2nc(C3CC3)no2)nn1. The van der Waals surface area contributed by atoms with E-state index in [1.54, 1.807) is 4.68 Å². The second-order valence-corrected chi connectivity index (χ2v) is 4.27. The van der Waals surface area contributed by atoms with Gasteiger partial charge in [0.1, 0.15) is 6.54 Å². The molecule has 0 aliphatic heterocycles. The second-order valence-electron chi connectivity index (χ2n) is 4.27. The van der Waals surface area contributed by atoms with Gasteiger partial charge in [-0.3, -0.25) is 0 Å². The van der Waals surface area contributed by atoms with Gasteiger partial charge in [0.15, 0.2) is 5.82 Å². The predicted molar refractivity (Wildman–Crippen MR) is 58.2 cm³/mol. The van der Waals surface area contributed by atoms with Crippen molar-refractivity contribution in [2.75, 3.05) is 6.54 Å². The molecule has 1 saturated carbocycles. The summed E-state index contributed by atoms with van der Waals surface area (Å²) in [5.74, 6) is 1.91. The molecular formula is C10H14N6O. The number of hydrogen-bond donors (Lipinski definition) is 1. The molecular weight excluding hydrogens is 220 g/mol. The summed E-state index contributed by atoms with van der Waals surface area (Å²) in [5.41, 5.74) is 6.33. The van der Waals surface area contributed by atoms with Gasteiger partial charge >= 0.3 is 0 Å². The average Bonchev–Trinajstić information content (AvgIpc) is 2.92. The van der Waals surface area contributed by atoms with E-state index < -0.39 is 0 Å². The number of hydrogen-bond acceptors (Lipinski definition) is 6. The summed E-state index contributed by atoms with van der Waals surface area (Å²) in [7, 11) is 0. The van der Waals surface area contributed by atoms with E-state index in [9.17, 15) is 0 Å². The molecule has 0 radical (unpaired) electrons. The molecule has 0 spiro atoms. The molecule has 0 atom stereocenters. The van der Waals surface area contributed by atoms with Gasteiger partial charge in [-0.25, -0.2) is 4.68 Å². The zero-order valence-electron chi connectivity index (χ0n) is 9.41. The van der Waals surface area contributed by atoms with Crippen molar-refractivity contribution in [2.24, 2.45) is 5.73 Å². The number of rotatable bonds is 5. The Morgan fingerprint density at radius 1 is 1.47 bits per heavy atom. The van der Waals surface area contributed by atoms with Gasteiger partial charge in [0.25, 0.3) is 0 Å². The predicted octanol–water partition coefficient (Wildman–Crippen LogP) is 0.0880. The fraction of sp³-hybridized carbons (Fsp3) is 0.600. The van der Waals surface area contributed by atoms with Crippen molar-refractivity contribution in [3.8, 4) is 0 Å². The first kappa shape index (κ1) is 10.4. The van der Waals surface area contributed by atoms with E-state index in [2.05, 4.69) is 20.5 Å². The lowest BCUT2D eigenvalue weighted by Gasteiger charge is -1.92. The van der Waals surface area contributed by atoms with Crippen molar-refractivity contribution in [3.63, 3.8) is 0 Å². The Morgan fingerprint density at radius 3 is 3.12 bits per heavy atom.